The Morgan fingerprint density at radius 3 is 2.26 bits per heavy atom. The zero-order valence-corrected chi connectivity index (χ0v) is 11.7. The number of amides is 1. The number of hydrogen-bond donors (Lipinski definition) is 2. The quantitative estimate of drug-likeness (QED) is 0.820. The van der Waals surface area contributed by atoms with Gasteiger partial charge in [-0.2, -0.15) is 0 Å². The molecule has 19 heavy (non-hydrogen) atoms. The molecule has 1 aromatic carbocycles. The zero-order chi connectivity index (χ0) is 13.7. The molecule has 0 unspecified atom stereocenters. The highest BCUT2D eigenvalue weighted by atomic mass is 16.2. The summed E-state index contributed by atoms with van der Waals surface area (Å²) in [6.07, 6.45) is 6.50. The first-order valence-electron chi connectivity index (χ1n) is 7.24. The highest BCUT2D eigenvalue weighted by Gasteiger charge is 2.37. The third-order valence-corrected chi connectivity index (χ3v) is 4.24. The van der Waals surface area contributed by atoms with Crippen LogP contribution in [0, 0.1) is 12.3 Å². The first-order chi connectivity index (χ1) is 9.16. The predicted molar refractivity (Wildman–Crippen MR) is 79.0 cm³/mol. The normalized spacial score (nSPS) is 18.6. The number of carbonyl (C=O) groups is 1. The lowest BCUT2D eigenvalue weighted by Crippen LogP contribution is -2.42. The van der Waals surface area contributed by atoms with E-state index in [2.05, 4.69) is 5.32 Å². The minimum absolute atomic E-state index is 0.0979. The Morgan fingerprint density at radius 1 is 1.16 bits per heavy atom. The first-order valence-corrected chi connectivity index (χ1v) is 7.24. The number of rotatable bonds is 3. The van der Waals surface area contributed by atoms with E-state index in [4.69, 9.17) is 5.73 Å². The molecule has 0 saturated heterocycles. The fraction of sp³-hybridized carbons (Fsp3) is 0.562. The van der Waals surface area contributed by atoms with Crippen LogP contribution >= 0.6 is 0 Å². The van der Waals surface area contributed by atoms with Gasteiger partial charge >= 0.3 is 0 Å². The second kappa shape index (κ2) is 6.20. The fourth-order valence-electron chi connectivity index (χ4n) is 2.83. The third-order valence-electron chi connectivity index (χ3n) is 4.24. The van der Waals surface area contributed by atoms with Crippen molar-refractivity contribution >= 4 is 11.6 Å². The summed E-state index contributed by atoms with van der Waals surface area (Å²) in [5.41, 5.74) is 7.63. The highest BCUT2D eigenvalue weighted by molar-refractivity contribution is 5.95. The van der Waals surface area contributed by atoms with E-state index in [1.165, 1.54) is 18.4 Å². The average molecular weight is 260 g/mol. The van der Waals surface area contributed by atoms with E-state index in [0.29, 0.717) is 6.54 Å². The molecule has 1 aliphatic carbocycles. The Morgan fingerprint density at radius 2 is 1.74 bits per heavy atom. The number of aryl methyl sites for hydroxylation is 1. The molecule has 0 heterocycles. The number of hydrogen-bond acceptors (Lipinski definition) is 2. The lowest BCUT2D eigenvalue weighted by molar-refractivity contribution is -0.125. The average Bonchev–Trinajstić information content (AvgIpc) is 2.67. The molecular formula is C16H24N2O. The van der Waals surface area contributed by atoms with E-state index in [1.807, 2.05) is 31.2 Å². The number of anilines is 1. The standard InChI is InChI=1S/C16H24N2O/c1-13-6-8-14(9-7-13)18-15(19)16(12-17)10-4-2-3-5-11-16/h6-9H,2-5,10-12,17H2,1H3,(H,18,19). The van der Waals surface area contributed by atoms with Crippen LogP contribution in [0.4, 0.5) is 5.69 Å². The maximum Gasteiger partial charge on any atom is 0.231 e. The van der Waals surface area contributed by atoms with Crippen molar-refractivity contribution in [3.63, 3.8) is 0 Å². The maximum atomic E-state index is 12.6. The van der Waals surface area contributed by atoms with Crippen molar-refractivity contribution in [1.82, 2.24) is 0 Å². The smallest absolute Gasteiger partial charge is 0.231 e. The minimum Gasteiger partial charge on any atom is -0.329 e. The number of carbonyl (C=O) groups excluding carboxylic acids is 1. The van der Waals surface area contributed by atoms with Crippen LogP contribution in [-0.4, -0.2) is 12.5 Å². The molecule has 3 nitrogen and oxygen atoms in total. The lowest BCUT2D eigenvalue weighted by Gasteiger charge is -2.29. The Labute approximate surface area is 115 Å². The molecule has 1 fully saturated rings. The van der Waals surface area contributed by atoms with Gasteiger partial charge < -0.3 is 11.1 Å². The van der Waals surface area contributed by atoms with Gasteiger partial charge in [0.25, 0.3) is 0 Å². The second-order valence-corrected chi connectivity index (χ2v) is 5.72. The molecule has 2 rings (SSSR count). The Balaban J connectivity index is 2.09. The van der Waals surface area contributed by atoms with E-state index in [0.717, 1.165) is 31.4 Å². The molecule has 1 aromatic rings. The molecule has 104 valence electrons. The molecule has 0 bridgehead atoms. The summed E-state index contributed by atoms with van der Waals surface area (Å²) in [4.78, 5) is 12.6. The van der Waals surface area contributed by atoms with Gasteiger partial charge in [0, 0.05) is 12.2 Å². The molecule has 0 atom stereocenters. The van der Waals surface area contributed by atoms with Crippen molar-refractivity contribution < 1.29 is 4.79 Å². The summed E-state index contributed by atoms with van der Waals surface area (Å²) >= 11 is 0. The van der Waals surface area contributed by atoms with E-state index in [9.17, 15) is 4.79 Å². The molecule has 1 saturated carbocycles. The summed E-state index contributed by atoms with van der Waals surface area (Å²) in [6.45, 7) is 2.49. The van der Waals surface area contributed by atoms with Gasteiger partial charge in [-0.05, 0) is 31.9 Å². The van der Waals surface area contributed by atoms with Gasteiger partial charge in [0.1, 0.15) is 0 Å². The molecule has 0 aliphatic heterocycles. The molecule has 3 N–H and O–H groups in total. The Hall–Kier alpha value is -1.35. The van der Waals surface area contributed by atoms with Gasteiger partial charge in [-0.25, -0.2) is 0 Å². The maximum absolute atomic E-state index is 12.6. The summed E-state index contributed by atoms with van der Waals surface area (Å²) in [6, 6.07) is 7.93. The number of benzene rings is 1. The van der Waals surface area contributed by atoms with Gasteiger partial charge in [0.05, 0.1) is 5.41 Å². The molecule has 0 spiro atoms. The first kappa shape index (κ1) is 14.1. The molecule has 3 heteroatoms. The van der Waals surface area contributed by atoms with Crippen LogP contribution in [0.25, 0.3) is 0 Å². The summed E-state index contributed by atoms with van der Waals surface area (Å²) in [5.74, 6) is 0.0979. The van der Waals surface area contributed by atoms with Gasteiger partial charge in [-0.3, -0.25) is 4.79 Å². The van der Waals surface area contributed by atoms with Crippen molar-refractivity contribution in [2.45, 2.75) is 45.4 Å². The second-order valence-electron chi connectivity index (χ2n) is 5.72. The fourth-order valence-corrected chi connectivity index (χ4v) is 2.83. The van der Waals surface area contributed by atoms with Crippen molar-refractivity contribution in [3.8, 4) is 0 Å². The van der Waals surface area contributed by atoms with Crippen LogP contribution in [0.15, 0.2) is 24.3 Å². The molecule has 1 aliphatic rings. The number of nitrogens with two attached hydrogens (primary N) is 1. The zero-order valence-electron chi connectivity index (χ0n) is 11.7. The van der Waals surface area contributed by atoms with Crippen molar-refractivity contribution in [2.24, 2.45) is 11.1 Å². The van der Waals surface area contributed by atoms with Crippen molar-refractivity contribution in [2.75, 3.05) is 11.9 Å². The molecule has 0 aromatic heterocycles. The van der Waals surface area contributed by atoms with Crippen LogP contribution in [0.3, 0.4) is 0 Å². The SMILES string of the molecule is Cc1ccc(NC(=O)C2(CN)CCCCCC2)cc1. The topological polar surface area (TPSA) is 55.1 Å². The van der Waals surface area contributed by atoms with Gasteiger partial charge in [0.15, 0.2) is 0 Å². The number of nitrogens with one attached hydrogen (secondary N) is 1. The van der Waals surface area contributed by atoms with Gasteiger partial charge in [-0.1, -0.05) is 43.4 Å². The largest absolute Gasteiger partial charge is 0.329 e. The highest BCUT2D eigenvalue weighted by Crippen LogP contribution is 2.35. The van der Waals surface area contributed by atoms with Crippen molar-refractivity contribution in [3.05, 3.63) is 29.8 Å². The minimum atomic E-state index is -0.360. The van der Waals surface area contributed by atoms with E-state index < -0.39 is 0 Å². The lowest BCUT2D eigenvalue weighted by atomic mass is 9.79. The summed E-state index contributed by atoms with van der Waals surface area (Å²) in [5, 5.41) is 3.04. The summed E-state index contributed by atoms with van der Waals surface area (Å²) in [7, 11) is 0. The van der Waals surface area contributed by atoms with Crippen LogP contribution in [0.1, 0.15) is 44.1 Å². The predicted octanol–water partition coefficient (Wildman–Crippen LogP) is 3.23. The van der Waals surface area contributed by atoms with Gasteiger partial charge in [-0.15, -0.1) is 0 Å². The van der Waals surface area contributed by atoms with Crippen molar-refractivity contribution in [1.29, 1.82) is 0 Å². The van der Waals surface area contributed by atoms with Crippen LogP contribution in [-0.2, 0) is 4.79 Å². The van der Waals surface area contributed by atoms with Crippen LogP contribution < -0.4 is 11.1 Å². The Bertz CT molecular complexity index is 417. The van der Waals surface area contributed by atoms with E-state index in [1.54, 1.807) is 0 Å². The molecule has 1 amide bonds. The third kappa shape index (κ3) is 3.35. The van der Waals surface area contributed by atoms with Crippen LogP contribution in [0.5, 0.6) is 0 Å². The Kier molecular flexibility index (Phi) is 4.59. The van der Waals surface area contributed by atoms with E-state index in [-0.39, 0.29) is 11.3 Å². The van der Waals surface area contributed by atoms with Gasteiger partial charge in [0.2, 0.25) is 5.91 Å². The van der Waals surface area contributed by atoms with Crippen LogP contribution in [0.2, 0.25) is 0 Å². The summed E-state index contributed by atoms with van der Waals surface area (Å²) < 4.78 is 0. The monoisotopic (exact) mass is 260 g/mol. The van der Waals surface area contributed by atoms with E-state index >= 15 is 0 Å². The molecular weight excluding hydrogens is 236 g/mol. The molecule has 0 radical (unpaired) electrons.